The Morgan fingerprint density at radius 3 is 2.96 bits per heavy atom. The van der Waals surface area contributed by atoms with E-state index in [9.17, 15) is 4.79 Å². The van der Waals surface area contributed by atoms with Gasteiger partial charge in [0.15, 0.2) is 0 Å². The molecule has 0 bridgehead atoms. The fourth-order valence-corrected chi connectivity index (χ4v) is 3.29. The highest BCUT2D eigenvalue weighted by molar-refractivity contribution is 6.30. The quantitative estimate of drug-likeness (QED) is 0.763. The Balaban J connectivity index is 1.56. The third-order valence-electron chi connectivity index (χ3n) is 4.35. The van der Waals surface area contributed by atoms with Crippen molar-refractivity contribution in [2.45, 2.75) is 6.42 Å². The number of hydrogen-bond acceptors (Lipinski definition) is 2. The van der Waals surface area contributed by atoms with Crippen molar-refractivity contribution in [3.63, 3.8) is 0 Å². The van der Waals surface area contributed by atoms with Crippen LogP contribution in [0.4, 0.5) is 0 Å². The molecule has 1 aliphatic heterocycles. The summed E-state index contributed by atoms with van der Waals surface area (Å²) in [5.74, 6) is 0.0184. The minimum atomic E-state index is 0.0184. The van der Waals surface area contributed by atoms with E-state index in [0.29, 0.717) is 23.7 Å². The number of nitrogens with one attached hydrogen (secondary N) is 1. The van der Waals surface area contributed by atoms with Gasteiger partial charge in [-0.25, -0.2) is 0 Å². The SMILES string of the molecule is O=C(c1cccc(Cl)c1)N1CC=C(c2c[nH]c3cccnc23)CC1. The molecular weight excluding hydrogens is 322 g/mol. The lowest BCUT2D eigenvalue weighted by atomic mass is 10.0. The molecule has 4 nitrogen and oxygen atoms in total. The maximum absolute atomic E-state index is 12.6. The van der Waals surface area contributed by atoms with Gasteiger partial charge in [-0.05, 0) is 42.3 Å². The van der Waals surface area contributed by atoms with Crippen LogP contribution in [0.1, 0.15) is 22.3 Å². The first kappa shape index (κ1) is 15.0. The highest BCUT2D eigenvalue weighted by Crippen LogP contribution is 2.28. The van der Waals surface area contributed by atoms with E-state index in [1.54, 1.807) is 30.5 Å². The molecule has 0 aliphatic carbocycles. The number of fused-ring (bicyclic) bond motifs is 1. The minimum absolute atomic E-state index is 0.0184. The molecule has 0 radical (unpaired) electrons. The van der Waals surface area contributed by atoms with Gasteiger partial charge in [-0.15, -0.1) is 0 Å². The molecule has 2 aromatic heterocycles. The van der Waals surface area contributed by atoms with Crippen LogP contribution in [0.3, 0.4) is 0 Å². The van der Waals surface area contributed by atoms with Gasteiger partial charge in [0.2, 0.25) is 0 Å². The van der Waals surface area contributed by atoms with Gasteiger partial charge >= 0.3 is 0 Å². The number of hydrogen-bond donors (Lipinski definition) is 1. The van der Waals surface area contributed by atoms with Crippen molar-refractivity contribution in [2.24, 2.45) is 0 Å². The second-order valence-corrected chi connectivity index (χ2v) is 6.28. The molecule has 0 unspecified atom stereocenters. The van der Waals surface area contributed by atoms with Crippen molar-refractivity contribution in [1.82, 2.24) is 14.9 Å². The Hall–Kier alpha value is -2.59. The van der Waals surface area contributed by atoms with Crippen LogP contribution in [0.5, 0.6) is 0 Å². The van der Waals surface area contributed by atoms with Crippen LogP contribution in [0, 0.1) is 0 Å². The molecule has 1 amide bonds. The Kier molecular flexibility index (Phi) is 3.82. The minimum Gasteiger partial charge on any atom is -0.359 e. The van der Waals surface area contributed by atoms with Crippen LogP contribution in [0.25, 0.3) is 16.6 Å². The van der Waals surface area contributed by atoms with Crippen LogP contribution in [-0.2, 0) is 0 Å². The lowest BCUT2D eigenvalue weighted by molar-refractivity contribution is 0.0773. The second kappa shape index (κ2) is 6.13. The molecule has 1 N–H and O–H groups in total. The molecule has 5 heteroatoms. The zero-order chi connectivity index (χ0) is 16.5. The number of carbonyl (C=O) groups is 1. The molecule has 0 fully saturated rings. The fraction of sp³-hybridized carbons (Fsp3) is 0.158. The number of nitrogens with zero attached hydrogens (tertiary/aromatic N) is 2. The maximum Gasteiger partial charge on any atom is 0.254 e. The van der Waals surface area contributed by atoms with E-state index in [-0.39, 0.29) is 5.91 Å². The predicted molar refractivity (Wildman–Crippen MR) is 96.0 cm³/mol. The normalized spacial score (nSPS) is 14.7. The van der Waals surface area contributed by atoms with Crippen LogP contribution in [0.2, 0.25) is 5.02 Å². The summed E-state index contributed by atoms with van der Waals surface area (Å²) in [4.78, 5) is 22.1. The van der Waals surface area contributed by atoms with Crippen molar-refractivity contribution >= 4 is 34.1 Å². The zero-order valence-electron chi connectivity index (χ0n) is 13.0. The number of rotatable bonds is 2. The molecule has 24 heavy (non-hydrogen) atoms. The smallest absolute Gasteiger partial charge is 0.254 e. The number of aromatic amines is 1. The van der Waals surface area contributed by atoms with Crippen molar-refractivity contribution in [1.29, 1.82) is 0 Å². The molecular formula is C19H16ClN3O. The third-order valence-corrected chi connectivity index (χ3v) is 4.58. The highest BCUT2D eigenvalue weighted by atomic mass is 35.5. The van der Waals surface area contributed by atoms with Crippen molar-refractivity contribution < 1.29 is 4.79 Å². The van der Waals surface area contributed by atoms with E-state index in [0.717, 1.165) is 23.0 Å². The summed E-state index contributed by atoms with van der Waals surface area (Å²) in [7, 11) is 0. The van der Waals surface area contributed by atoms with E-state index >= 15 is 0 Å². The van der Waals surface area contributed by atoms with Gasteiger partial charge in [-0.2, -0.15) is 0 Å². The summed E-state index contributed by atoms with van der Waals surface area (Å²) in [5.41, 5.74) is 5.01. The number of halogens is 1. The molecule has 0 atom stereocenters. The number of H-pyrrole nitrogens is 1. The molecule has 120 valence electrons. The Labute approximate surface area is 144 Å². The Bertz CT molecular complexity index is 944. The van der Waals surface area contributed by atoms with Gasteiger partial charge < -0.3 is 9.88 Å². The van der Waals surface area contributed by atoms with Crippen LogP contribution < -0.4 is 0 Å². The molecule has 1 aromatic carbocycles. The lowest BCUT2D eigenvalue weighted by Crippen LogP contribution is -2.34. The van der Waals surface area contributed by atoms with Crippen LogP contribution in [-0.4, -0.2) is 33.9 Å². The van der Waals surface area contributed by atoms with E-state index in [1.807, 2.05) is 23.2 Å². The maximum atomic E-state index is 12.6. The molecule has 3 aromatic rings. The zero-order valence-corrected chi connectivity index (χ0v) is 13.8. The Morgan fingerprint density at radius 1 is 1.25 bits per heavy atom. The largest absolute Gasteiger partial charge is 0.359 e. The summed E-state index contributed by atoms with van der Waals surface area (Å²) in [5, 5.41) is 0.582. The number of benzene rings is 1. The number of aromatic nitrogens is 2. The molecule has 1 aliphatic rings. The molecule has 3 heterocycles. The molecule has 0 saturated heterocycles. The monoisotopic (exact) mass is 337 g/mol. The second-order valence-electron chi connectivity index (χ2n) is 5.84. The predicted octanol–water partition coefficient (Wildman–Crippen LogP) is 4.15. The van der Waals surface area contributed by atoms with Crippen molar-refractivity contribution in [2.75, 3.05) is 13.1 Å². The first-order valence-corrected chi connectivity index (χ1v) is 8.26. The summed E-state index contributed by atoms with van der Waals surface area (Å²) < 4.78 is 0. The standard InChI is InChI=1S/C19H16ClN3O/c20-15-4-1-3-14(11-15)19(24)23-9-6-13(7-10-23)16-12-22-17-5-2-8-21-18(16)17/h1-6,8,11-12,22H,7,9-10H2. The fourth-order valence-electron chi connectivity index (χ4n) is 3.10. The van der Waals surface area contributed by atoms with E-state index < -0.39 is 0 Å². The number of pyridine rings is 1. The highest BCUT2D eigenvalue weighted by Gasteiger charge is 2.20. The van der Waals surface area contributed by atoms with E-state index in [1.165, 1.54) is 5.57 Å². The lowest BCUT2D eigenvalue weighted by Gasteiger charge is -2.26. The molecule has 0 spiro atoms. The van der Waals surface area contributed by atoms with E-state index in [4.69, 9.17) is 11.6 Å². The summed E-state index contributed by atoms with van der Waals surface area (Å²) in [6, 6.07) is 11.0. The average Bonchev–Trinajstić information content (AvgIpc) is 3.05. The summed E-state index contributed by atoms with van der Waals surface area (Å²) in [6.07, 6.45) is 6.73. The van der Waals surface area contributed by atoms with Gasteiger partial charge in [0.05, 0.1) is 11.0 Å². The Morgan fingerprint density at radius 2 is 2.17 bits per heavy atom. The average molecular weight is 338 g/mol. The first-order chi connectivity index (χ1) is 11.7. The first-order valence-electron chi connectivity index (χ1n) is 7.89. The van der Waals surface area contributed by atoms with Crippen LogP contribution >= 0.6 is 11.6 Å². The van der Waals surface area contributed by atoms with Gasteiger partial charge in [-0.1, -0.05) is 23.7 Å². The summed E-state index contributed by atoms with van der Waals surface area (Å²) in [6.45, 7) is 1.29. The number of amides is 1. The van der Waals surface area contributed by atoms with Gasteiger partial charge in [0.25, 0.3) is 5.91 Å². The number of carbonyl (C=O) groups excluding carboxylic acids is 1. The van der Waals surface area contributed by atoms with Crippen molar-refractivity contribution in [3.8, 4) is 0 Å². The van der Waals surface area contributed by atoms with Gasteiger partial charge in [0.1, 0.15) is 0 Å². The molecule has 0 saturated carbocycles. The van der Waals surface area contributed by atoms with Crippen LogP contribution in [0.15, 0.2) is 54.9 Å². The van der Waals surface area contributed by atoms with Crippen molar-refractivity contribution in [3.05, 3.63) is 71.0 Å². The van der Waals surface area contributed by atoms with E-state index in [2.05, 4.69) is 16.0 Å². The van der Waals surface area contributed by atoms with Gasteiger partial charge in [-0.3, -0.25) is 9.78 Å². The molecule has 4 rings (SSSR count). The van der Waals surface area contributed by atoms with Gasteiger partial charge in [0, 0.05) is 41.6 Å². The summed E-state index contributed by atoms with van der Waals surface area (Å²) >= 11 is 5.98. The topological polar surface area (TPSA) is 49.0 Å². The third kappa shape index (κ3) is 2.69.